The van der Waals surface area contributed by atoms with Gasteiger partial charge in [-0.25, -0.2) is 8.42 Å². The molecule has 1 unspecified atom stereocenters. The highest BCUT2D eigenvalue weighted by Crippen LogP contribution is 2.24. The molecule has 0 aliphatic carbocycles. The van der Waals surface area contributed by atoms with Crippen molar-refractivity contribution in [2.24, 2.45) is 0 Å². The molecule has 0 spiro atoms. The summed E-state index contributed by atoms with van der Waals surface area (Å²) >= 11 is 0. The summed E-state index contributed by atoms with van der Waals surface area (Å²) in [5.41, 5.74) is 1.25. The van der Waals surface area contributed by atoms with Crippen LogP contribution >= 0.6 is 0 Å². The quantitative estimate of drug-likeness (QED) is 0.667. The van der Waals surface area contributed by atoms with Crippen LogP contribution in [0.3, 0.4) is 0 Å². The number of aliphatic hydroxyl groups is 2. The van der Waals surface area contributed by atoms with Gasteiger partial charge in [0.1, 0.15) is 0 Å². The number of aliphatic hydroxyl groups excluding tert-OH is 2. The van der Waals surface area contributed by atoms with Crippen molar-refractivity contribution in [2.75, 3.05) is 44.8 Å². The van der Waals surface area contributed by atoms with Crippen LogP contribution in [0.1, 0.15) is 5.56 Å². The molecule has 3 N–H and O–H groups in total. The van der Waals surface area contributed by atoms with Crippen LogP contribution in [0.25, 0.3) is 0 Å². The van der Waals surface area contributed by atoms with E-state index in [0.717, 1.165) is 0 Å². The number of anilines is 1. The summed E-state index contributed by atoms with van der Waals surface area (Å²) in [4.78, 5) is 0.248. The van der Waals surface area contributed by atoms with Crippen LogP contribution in [0, 0.1) is 6.92 Å². The summed E-state index contributed by atoms with van der Waals surface area (Å²) in [6.07, 6.45) is -0.888. The number of ether oxygens (including phenoxy) is 1. The molecule has 0 aromatic heterocycles. The maximum absolute atomic E-state index is 12.7. The number of nitrogens with one attached hydrogen (secondary N) is 1. The zero-order valence-corrected chi connectivity index (χ0v) is 13.3. The number of benzene rings is 1. The van der Waals surface area contributed by atoms with Gasteiger partial charge in [0.05, 0.1) is 30.8 Å². The molecule has 22 heavy (non-hydrogen) atoms. The van der Waals surface area contributed by atoms with Crippen LogP contribution in [-0.4, -0.2) is 68.5 Å². The fourth-order valence-corrected chi connectivity index (χ4v) is 3.87. The molecule has 1 atom stereocenters. The molecule has 7 nitrogen and oxygen atoms in total. The van der Waals surface area contributed by atoms with Gasteiger partial charge >= 0.3 is 0 Å². The smallest absolute Gasteiger partial charge is 0.243 e. The average Bonchev–Trinajstić information content (AvgIpc) is 2.54. The van der Waals surface area contributed by atoms with Gasteiger partial charge < -0.3 is 20.3 Å². The van der Waals surface area contributed by atoms with E-state index in [0.29, 0.717) is 37.6 Å². The van der Waals surface area contributed by atoms with Crippen molar-refractivity contribution < 1.29 is 23.4 Å². The summed E-state index contributed by atoms with van der Waals surface area (Å²) in [6, 6.07) is 5.03. The lowest BCUT2D eigenvalue weighted by atomic mass is 10.2. The Morgan fingerprint density at radius 1 is 1.36 bits per heavy atom. The van der Waals surface area contributed by atoms with Gasteiger partial charge in [0, 0.05) is 25.3 Å². The van der Waals surface area contributed by atoms with E-state index < -0.39 is 16.1 Å². The molecule has 1 aromatic rings. The Morgan fingerprint density at radius 2 is 2.05 bits per heavy atom. The molecule has 1 fully saturated rings. The highest BCUT2D eigenvalue weighted by atomic mass is 32.2. The van der Waals surface area contributed by atoms with Crippen LogP contribution in [0.2, 0.25) is 0 Å². The number of nitrogens with zero attached hydrogens (tertiary/aromatic N) is 1. The average molecular weight is 330 g/mol. The van der Waals surface area contributed by atoms with Crippen LogP contribution in [-0.2, 0) is 14.8 Å². The van der Waals surface area contributed by atoms with Crippen molar-refractivity contribution >= 4 is 15.7 Å². The lowest BCUT2D eigenvalue weighted by Gasteiger charge is -2.27. The number of hydrogen-bond acceptors (Lipinski definition) is 6. The highest BCUT2D eigenvalue weighted by Gasteiger charge is 2.27. The number of hydrogen-bond donors (Lipinski definition) is 3. The molecule has 8 heteroatoms. The van der Waals surface area contributed by atoms with E-state index in [-0.39, 0.29) is 18.0 Å². The topological polar surface area (TPSA) is 99.1 Å². The van der Waals surface area contributed by atoms with E-state index in [1.54, 1.807) is 25.1 Å². The molecule has 0 amide bonds. The van der Waals surface area contributed by atoms with E-state index in [1.807, 2.05) is 0 Å². The van der Waals surface area contributed by atoms with Gasteiger partial charge in [-0.3, -0.25) is 0 Å². The first-order chi connectivity index (χ1) is 10.4. The van der Waals surface area contributed by atoms with Crippen LogP contribution in [0.5, 0.6) is 0 Å². The second-order valence-electron chi connectivity index (χ2n) is 5.21. The molecule has 0 saturated carbocycles. The summed E-state index contributed by atoms with van der Waals surface area (Å²) < 4.78 is 32.0. The molecule has 124 valence electrons. The third-order valence-electron chi connectivity index (χ3n) is 3.53. The minimum atomic E-state index is -3.56. The SMILES string of the molecule is Cc1ccc(NCC(O)CO)cc1S(=O)(=O)N1CCOCC1. The van der Waals surface area contributed by atoms with Crippen molar-refractivity contribution in [3.63, 3.8) is 0 Å². The summed E-state index contributed by atoms with van der Waals surface area (Å²) in [5.74, 6) is 0. The van der Waals surface area contributed by atoms with Crippen LogP contribution in [0.4, 0.5) is 5.69 Å². The Kier molecular flexibility index (Phi) is 5.76. The standard InChI is InChI=1S/C14H22N2O5S/c1-11-2-3-12(15-9-13(18)10-17)8-14(11)22(19,20)16-4-6-21-7-5-16/h2-3,8,13,15,17-18H,4-7,9-10H2,1H3. The number of rotatable bonds is 6. The normalized spacial score (nSPS) is 18.1. The molecule has 1 aliphatic heterocycles. The third-order valence-corrected chi connectivity index (χ3v) is 5.57. The maximum Gasteiger partial charge on any atom is 0.243 e. The van der Waals surface area contributed by atoms with E-state index in [1.165, 1.54) is 4.31 Å². The third kappa shape index (κ3) is 3.96. The van der Waals surface area contributed by atoms with Gasteiger partial charge in [0.25, 0.3) is 0 Å². The Morgan fingerprint density at radius 3 is 2.68 bits per heavy atom. The molecule has 0 radical (unpaired) electrons. The number of morpholine rings is 1. The molecular formula is C14H22N2O5S. The Balaban J connectivity index is 2.21. The predicted molar refractivity (Wildman–Crippen MR) is 82.3 cm³/mol. The van der Waals surface area contributed by atoms with Crippen molar-refractivity contribution in [1.29, 1.82) is 0 Å². The second kappa shape index (κ2) is 7.38. The highest BCUT2D eigenvalue weighted by molar-refractivity contribution is 7.89. The first-order valence-corrected chi connectivity index (χ1v) is 8.60. The number of sulfonamides is 1. The molecule has 1 aliphatic rings. The fourth-order valence-electron chi connectivity index (χ4n) is 2.21. The summed E-state index contributed by atoms with van der Waals surface area (Å²) in [6.45, 7) is 3.05. The predicted octanol–water partition coefficient (Wildman–Crippen LogP) is -0.219. The van der Waals surface area contributed by atoms with Gasteiger partial charge in [-0.1, -0.05) is 6.07 Å². The van der Waals surface area contributed by atoms with Crippen molar-refractivity contribution in [3.05, 3.63) is 23.8 Å². The Labute approximate surface area is 130 Å². The fraction of sp³-hybridized carbons (Fsp3) is 0.571. The second-order valence-corrected chi connectivity index (χ2v) is 7.12. The van der Waals surface area contributed by atoms with E-state index in [9.17, 15) is 13.5 Å². The zero-order chi connectivity index (χ0) is 16.2. The molecule has 1 heterocycles. The largest absolute Gasteiger partial charge is 0.394 e. The molecular weight excluding hydrogens is 308 g/mol. The molecule has 1 aromatic carbocycles. The van der Waals surface area contributed by atoms with Gasteiger partial charge in [0.2, 0.25) is 10.0 Å². The molecule has 1 saturated heterocycles. The van der Waals surface area contributed by atoms with Crippen LogP contribution < -0.4 is 5.32 Å². The lowest BCUT2D eigenvalue weighted by Crippen LogP contribution is -2.40. The van der Waals surface area contributed by atoms with Crippen LogP contribution in [0.15, 0.2) is 23.1 Å². The Hall–Kier alpha value is -1.19. The zero-order valence-electron chi connectivity index (χ0n) is 12.5. The van der Waals surface area contributed by atoms with Gasteiger partial charge in [0.15, 0.2) is 0 Å². The first-order valence-electron chi connectivity index (χ1n) is 7.16. The van der Waals surface area contributed by atoms with Crippen molar-refractivity contribution in [2.45, 2.75) is 17.9 Å². The lowest BCUT2D eigenvalue weighted by molar-refractivity contribution is 0.0730. The minimum absolute atomic E-state index is 0.149. The summed E-state index contributed by atoms with van der Waals surface area (Å²) in [5, 5.41) is 21.1. The first kappa shape index (κ1) is 17.2. The van der Waals surface area contributed by atoms with Crippen molar-refractivity contribution in [3.8, 4) is 0 Å². The molecule has 0 bridgehead atoms. The van der Waals surface area contributed by atoms with E-state index in [2.05, 4.69) is 5.32 Å². The van der Waals surface area contributed by atoms with E-state index >= 15 is 0 Å². The van der Waals surface area contributed by atoms with Crippen molar-refractivity contribution in [1.82, 2.24) is 4.31 Å². The summed E-state index contributed by atoms with van der Waals surface area (Å²) in [7, 11) is -3.56. The molecule has 2 rings (SSSR count). The minimum Gasteiger partial charge on any atom is -0.394 e. The Bertz CT molecular complexity index is 599. The monoisotopic (exact) mass is 330 g/mol. The number of aryl methyl sites for hydroxylation is 1. The maximum atomic E-state index is 12.7. The van der Waals surface area contributed by atoms with Gasteiger partial charge in [-0.05, 0) is 24.6 Å². The van der Waals surface area contributed by atoms with Gasteiger partial charge in [-0.15, -0.1) is 0 Å². The van der Waals surface area contributed by atoms with Gasteiger partial charge in [-0.2, -0.15) is 4.31 Å². The van der Waals surface area contributed by atoms with E-state index in [4.69, 9.17) is 9.84 Å².